The van der Waals surface area contributed by atoms with Crippen molar-refractivity contribution in [2.45, 2.75) is 18.9 Å². The third-order valence-corrected chi connectivity index (χ3v) is 4.24. The molecule has 0 saturated carbocycles. The fraction of sp³-hybridized carbons (Fsp3) is 0.333. The molecule has 23 heavy (non-hydrogen) atoms. The molecule has 1 amide bonds. The second-order valence-electron chi connectivity index (χ2n) is 5.50. The Labute approximate surface area is 135 Å². The van der Waals surface area contributed by atoms with Crippen LogP contribution in [0.1, 0.15) is 34.8 Å². The third-order valence-electron chi connectivity index (χ3n) is 4.24. The Kier molecular flexibility index (Phi) is 4.46. The Hall–Kier alpha value is -2.56. The summed E-state index contributed by atoms with van der Waals surface area (Å²) in [5.41, 5.74) is 1.65. The third kappa shape index (κ3) is 2.99. The molecule has 1 unspecified atom stereocenters. The van der Waals surface area contributed by atoms with E-state index in [1.165, 1.54) is 0 Å². The predicted molar refractivity (Wildman–Crippen MR) is 86.8 cm³/mol. The molecule has 1 atom stereocenters. The molecule has 120 valence electrons. The zero-order chi connectivity index (χ0) is 16.2. The van der Waals surface area contributed by atoms with Gasteiger partial charge in [0.15, 0.2) is 0 Å². The first kappa shape index (κ1) is 15.3. The average Bonchev–Trinajstić information content (AvgIpc) is 3.10. The van der Waals surface area contributed by atoms with Gasteiger partial charge in [0.25, 0.3) is 5.91 Å². The van der Waals surface area contributed by atoms with Gasteiger partial charge in [-0.1, -0.05) is 0 Å². The second-order valence-corrected chi connectivity index (χ2v) is 5.50. The predicted octanol–water partition coefficient (Wildman–Crippen LogP) is 3.08. The van der Waals surface area contributed by atoms with Gasteiger partial charge >= 0.3 is 0 Å². The number of hydrogen-bond donors (Lipinski definition) is 0. The summed E-state index contributed by atoms with van der Waals surface area (Å²) in [6, 6.07) is 9.22. The molecule has 0 radical (unpaired) electrons. The molecule has 0 bridgehead atoms. The largest absolute Gasteiger partial charge is 0.497 e. The van der Waals surface area contributed by atoms with Crippen LogP contribution in [0, 0.1) is 0 Å². The summed E-state index contributed by atoms with van der Waals surface area (Å²) in [6.45, 7) is 0.742. The van der Waals surface area contributed by atoms with Crippen LogP contribution in [0.3, 0.4) is 0 Å². The minimum atomic E-state index is 0.000662. The minimum Gasteiger partial charge on any atom is -0.497 e. The van der Waals surface area contributed by atoms with Crippen LogP contribution in [0.15, 0.2) is 42.7 Å². The van der Waals surface area contributed by atoms with E-state index < -0.39 is 0 Å². The van der Waals surface area contributed by atoms with Crippen molar-refractivity contribution in [3.63, 3.8) is 0 Å². The first-order valence-electron chi connectivity index (χ1n) is 7.67. The molecule has 1 fully saturated rings. The van der Waals surface area contributed by atoms with E-state index in [0.717, 1.165) is 36.4 Å². The van der Waals surface area contributed by atoms with Gasteiger partial charge in [0, 0.05) is 30.1 Å². The molecule has 1 aromatic carbocycles. The summed E-state index contributed by atoms with van der Waals surface area (Å²) in [6.07, 6.45) is 5.18. The van der Waals surface area contributed by atoms with E-state index in [0.29, 0.717) is 5.56 Å². The highest BCUT2D eigenvalue weighted by Crippen LogP contribution is 2.39. The molecule has 5 heteroatoms. The van der Waals surface area contributed by atoms with Crippen LogP contribution < -0.4 is 9.47 Å². The molecule has 0 aliphatic carbocycles. The van der Waals surface area contributed by atoms with Crippen LogP contribution in [-0.2, 0) is 0 Å². The summed E-state index contributed by atoms with van der Waals surface area (Å²) in [4.78, 5) is 18.7. The van der Waals surface area contributed by atoms with Gasteiger partial charge < -0.3 is 14.4 Å². The molecular formula is C18H20N2O3. The van der Waals surface area contributed by atoms with Crippen LogP contribution in [0.4, 0.5) is 0 Å². The number of methoxy groups -OCH3 is 2. The quantitative estimate of drug-likeness (QED) is 0.870. The van der Waals surface area contributed by atoms with E-state index >= 15 is 0 Å². The Balaban J connectivity index is 1.94. The van der Waals surface area contributed by atoms with Gasteiger partial charge in [-0.2, -0.15) is 0 Å². The van der Waals surface area contributed by atoms with Crippen molar-refractivity contribution < 1.29 is 14.3 Å². The molecule has 2 heterocycles. The second kappa shape index (κ2) is 6.69. The summed E-state index contributed by atoms with van der Waals surface area (Å²) < 4.78 is 10.8. The number of amides is 1. The fourth-order valence-corrected chi connectivity index (χ4v) is 3.09. The Morgan fingerprint density at radius 2 is 1.96 bits per heavy atom. The molecule has 2 aromatic rings. The number of hydrogen-bond acceptors (Lipinski definition) is 4. The van der Waals surface area contributed by atoms with Crippen molar-refractivity contribution >= 4 is 5.91 Å². The first-order valence-corrected chi connectivity index (χ1v) is 7.67. The number of nitrogens with zero attached hydrogens (tertiary/aromatic N) is 2. The SMILES string of the molecule is COc1ccc(OC)c(C2CCCN2C(=O)c2ccncc2)c1. The number of carbonyl (C=O) groups excluding carboxylic acids is 1. The topological polar surface area (TPSA) is 51.7 Å². The Morgan fingerprint density at radius 1 is 1.17 bits per heavy atom. The monoisotopic (exact) mass is 312 g/mol. The lowest BCUT2D eigenvalue weighted by atomic mass is 10.0. The van der Waals surface area contributed by atoms with Gasteiger partial charge in [-0.25, -0.2) is 0 Å². The van der Waals surface area contributed by atoms with Gasteiger partial charge in [0.1, 0.15) is 11.5 Å². The molecule has 1 aromatic heterocycles. The number of aromatic nitrogens is 1. The van der Waals surface area contributed by atoms with Crippen LogP contribution in [0.2, 0.25) is 0 Å². The standard InChI is InChI=1S/C18H20N2O3/c1-22-14-5-6-17(23-2)15(12-14)16-4-3-11-20(16)18(21)13-7-9-19-10-8-13/h5-10,12,16H,3-4,11H2,1-2H3. The average molecular weight is 312 g/mol. The van der Waals surface area contributed by atoms with Gasteiger partial charge in [-0.15, -0.1) is 0 Å². The molecule has 5 nitrogen and oxygen atoms in total. The summed E-state index contributed by atoms with van der Waals surface area (Å²) >= 11 is 0. The Morgan fingerprint density at radius 3 is 2.65 bits per heavy atom. The van der Waals surface area contributed by atoms with E-state index in [1.807, 2.05) is 23.1 Å². The van der Waals surface area contributed by atoms with E-state index in [2.05, 4.69) is 4.98 Å². The van der Waals surface area contributed by atoms with Gasteiger partial charge in [-0.05, 0) is 43.2 Å². The Bertz CT molecular complexity index is 688. The van der Waals surface area contributed by atoms with E-state index in [1.54, 1.807) is 38.7 Å². The van der Waals surface area contributed by atoms with Crippen molar-refractivity contribution in [1.82, 2.24) is 9.88 Å². The van der Waals surface area contributed by atoms with Gasteiger partial charge in [0.05, 0.1) is 20.3 Å². The van der Waals surface area contributed by atoms with Crippen molar-refractivity contribution in [2.75, 3.05) is 20.8 Å². The van der Waals surface area contributed by atoms with Gasteiger partial charge in [0.2, 0.25) is 0 Å². The molecule has 3 rings (SSSR count). The van der Waals surface area contributed by atoms with Crippen molar-refractivity contribution in [3.8, 4) is 11.5 Å². The first-order chi connectivity index (χ1) is 11.2. The van der Waals surface area contributed by atoms with Crippen molar-refractivity contribution in [2.24, 2.45) is 0 Å². The maximum absolute atomic E-state index is 12.8. The zero-order valence-corrected chi connectivity index (χ0v) is 13.4. The van der Waals surface area contributed by atoms with Crippen LogP contribution in [0.5, 0.6) is 11.5 Å². The van der Waals surface area contributed by atoms with Gasteiger partial charge in [-0.3, -0.25) is 9.78 Å². The summed E-state index contributed by atoms with van der Waals surface area (Å²) in [7, 11) is 3.29. The number of ether oxygens (including phenoxy) is 2. The molecule has 0 spiro atoms. The van der Waals surface area contributed by atoms with E-state index in [-0.39, 0.29) is 11.9 Å². The van der Waals surface area contributed by atoms with E-state index in [4.69, 9.17) is 9.47 Å². The minimum absolute atomic E-state index is 0.000662. The summed E-state index contributed by atoms with van der Waals surface area (Å²) in [5.74, 6) is 1.58. The lowest BCUT2D eigenvalue weighted by molar-refractivity contribution is 0.0734. The molecule has 0 N–H and O–H groups in total. The highest BCUT2D eigenvalue weighted by atomic mass is 16.5. The molecule has 1 aliphatic heterocycles. The maximum Gasteiger partial charge on any atom is 0.254 e. The number of rotatable bonds is 4. The number of benzene rings is 1. The van der Waals surface area contributed by atoms with E-state index in [9.17, 15) is 4.79 Å². The highest BCUT2D eigenvalue weighted by Gasteiger charge is 2.32. The zero-order valence-electron chi connectivity index (χ0n) is 13.4. The van der Waals surface area contributed by atoms with Crippen LogP contribution in [0.25, 0.3) is 0 Å². The lowest BCUT2D eigenvalue weighted by Gasteiger charge is -2.26. The smallest absolute Gasteiger partial charge is 0.254 e. The van der Waals surface area contributed by atoms with Crippen LogP contribution in [-0.4, -0.2) is 36.6 Å². The maximum atomic E-state index is 12.8. The lowest BCUT2D eigenvalue weighted by Crippen LogP contribution is -2.30. The molecule has 1 saturated heterocycles. The fourth-order valence-electron chi connectivity index (χ4n) is 3.09. The van der Waals surface area contributed by atoms with Crippen molar-refractivity contribution in [3.05, 3.63) is 53.9 Å². The summed E-state index contributed by atoms with van der Waals surface area (Å²) in [5, 5.41) is 0. The normalized spacial score (nSPS) is 17.1. The molecular weight excluding hydrogens is 292 g/mol. The highest BCUT2D eigenvalue weighted by molar-refractivity contribution is 5.94. The number of likely N-dealkylation sites (tertiary alicyclic amines) is 1. The van der Waals surface area contributed by atoms with Crippen LogP contribution >= 0.6 is 0 Å². The molecule has 1 aliphatic rings. The number of pyridine rings is 1. The van der Waals surface area contributed by atoms with Crippen molar-refractivity contribution in [1.29, 1.82) is 0 Å². The number of carbonyl (C=O) groups is 1.